The molecule has 0 saturated heterocycles. The molecule has 1 aromatic carbocycles. The molecular formula is C15H19N3. The van der Waals surface area contributed by atoms with E-state index in [0.29, 0.717) is 0 Å². The van der Waals surface area contributed by atoms with Crippen molar-refractivity contribution in [2.24, 2.45) is 0 Å². The molecule has 0 aliphatic carbocycles. The number of aryl methyl sites for hydroxylation is 3. The van der Waals surface area contributed by atoms with Crippen LogP contribution in [0.4, 0.5) is 0 Å². The molecule has 1 heterocycles. The highest BCUT2D eigenvalue weighted by molar-refractivity contribution is 5.42. The molecule has 1 N–H and O–H groups in total. The van der Waals surface area contributed by atoms with Crippen LogP contribution < -0.4 is 5.32 Å². The van der Waals surface area contributed by atoms with E-state index < -0.39 is 0 Å². The first-order valence-electron chi connectivity index (χ1n) is 6.14. The predicted octanol–water partition coefficient (Wildman–Crippen LogP) is 2.71. The van der Waals surface area contributed by atoms with E-state index >= 15 is 0 Å². The zero-order valence-electron chi connectivity index (χ0n) is 11.4. The lowest BCUT2D eigenvalue weighted by molar-refractivity contribution is 0.659. The highest BCUT2D eigenvalue weighted by Crippen LogP contribution is 2.27. The Morgan fingerprint density at radius 2 is 1.72 bits per heavy atom. The van der Waals surface area contributed by atoms with Crippen molar-refractivity contribution in [2.75, 3.05) is 7.05 Å². The number of hydrogen-bond donors (Lipinski definition) is 1. The molecule has 0 amide bonds. The molecule has 0 aliphatic rings. The van der Waals surface area contributed by atoms with E-state index in [1.54, 1.807) is 12.4 Å². The van der Waals surface area contributed by atoms with Gasteiger partial charge in [-0.15, -0.1) is 0 Å². The van der Waals surface area contributed by atoms with Gasteiger partial charge in [0.1, 0.15) is 0 Å². The largest absolute Gasteiger partial charge is 0.308 e. The van der Waals surface area contributed by atoms with Gasteiger partial charge < -0.3 is 5.32 Å². The quantitative estimate of drug-likeness (QED) is 0.897. The Kier molecular flexibility index (Phi) is 3.72. The van der Waals surface area contributed by atoms with E-state index in [9.17, 15) is 0 Å². The van der Waals surface area contributed by atoms with Gasteiger partial charge in [0.15, 0.2) is 0 Å². The summed E-state index contributed by atoms with van der Waals surface area (Å²) in [4.78, 5) is 8.56. The van der Waals surface area contributed by atoms with Crippen molar-refractivity contribution < 1.29 is 0 Å². The van der Waals surface area contributed by atoms with Crippen molar-refractivity contribution >= 4 is 0 Å². The van der Waals surface area contributed by atoms with Gasteiger partial charge in [-0.1, -0.05) is 17.7 Å². The molecule has 0 radical (unpaired) electrons. The summed E-state index contributed by atoms with van der Waals surface area (Å²) < 4.78 is 0. The molecule has 3 nitrogen and oxygen atoms in total. The number of nitrogens with zero attached hydrogens (tertiary/aromatic N) is 2. The average Bonchev–Trinajstić information content (AvgIpc) is 2.34. The van der Waals surface area contributed by atoms with Crippen molar-refractivity contribution in [3.63, 3.8) is 0 Å². The summed E-state index contributed by atoms with van der Waals surface area (Å²) >= 11 is 0. The molecule has 0 fully saturated rings. The molecule has 1 atom stereocenters. The second-order valence-electron chi connectivity index (χ2n) is 4.66. The van der Waals surface area contributed by atoms with Crippen LogP contribution >= 0.6 is 0 Å². The van der Waals surface area contributed by atoms with Gasteiger partial charge in [0.25, 0.3) is 0 Å². The van der Waals surface area contributed by atoms with Crippen molar-refractivity contribution in [1.29, 1.82) is 0 Å². The van der Waals surface area contributed by atoms with Gasteiger partial charge in [-0.25, -0.2) is 0 Å². The van der Waals surface area contributed by atoms with Crippen LogP contribution in [0.3, 0.4) is 0 Å². The molecule has 18 heavy (non-hydrogen) atoms. The van der Waals surface area contributed by atoms with Gasteiger partial charge in [-0.3, -0.25) is 9.97 Å². The van der Waals surface area contributed by atoms with Gasteiger partial charge in [-0.05, 0) is 44.5 Å². The SMILES string of the molecule is CNC(c1cnccn1)c1c(C)cc(C)cc1C. The molecule has 1 unspecified atom stereocenters. The minimum absolute atomic E-state index is 0.0966. The van der Waals surface area contributed by atoms with E-state index in [4.69, 9.17) is 0 Å². The molecule has 2 aromatic rings. The monoisotopic (exact) mass is 241 g/mol. The first-order chi connectivity index (χ1) is 8.63. The van der Waals surface area contributed by atoms with E-state index in [2.05, 4.69) is 48.2 Å². The van der Waals surface area contributed by atoms with Gasteiger partial charge >= 0.3 is 0 Å². The van der Waals surface area contributed by atoms with Gasteiger partial charge in [0.05, 0.1) is 17.9 Å². The van der Waals surface area contributed by atoms with Crippen LogP contribution in [0.25, 0.3) is 0 Å². The van der Waals surface area contributed by atoms with Crippen LogP contribution in [0.2, 0.25) is 0 Å². The number of nitrogens with one attached hydrogen (secondary N) is 1. The summed E-state index contributed by atoms with van der Waals surface area (Å²) in [6, 6.07) is 4.52. The lowest BCUT2D eigenvalue weighted by Crippen LogP contribution is -2.21. The van der Waals surface area contributed by atoms with Crippen molar-refractivity contribution in [3.8, 4) is 0 Å². The van der Waals surface area contributed by atoms with Crippen LogP contribution in [0, 0.1) is 20.8 Å². The minimum atomic E-state index is 0.0966. The third-order valence-electron chi connectivity index (χ3n) is 3.19. The summed E-state index contributed by atoms with van der Waals surface area (Å²) in [5.41, 5.74) is 6.12. The summed E-state index contributed by atoms with van der Waals surface area (Å²) in [6.07, 6.45) is 5.25. The maximum atomic E-state index is 4.41. The zero-order valence-corrected chi connectivity index (χ0v) is 11.4. The summed E-state index contributed by atoms with van der Waals surface area (Å²) in [6.45, 7) is 6.42. The third kappa shape index (κ3) is 2.41. The second-order valence-corrected chi connectivity index (χ2v) is 4.66. The lowest BCUT2D eigenvalue weighted by Gasteiger charge is -2.21. The van der Waals surface area contributed by atoms with E-state index in [1.165, 1.54) is 22.3 Å². The van der Waals surface area contributed by atoms with Crippen molar-refractivity contribution in [1.82, 2.24) is 15.3 Å². The van der Waals surface area contributed by atoms with Crippen LogP contribution in [0.5, 0.6) is 0 Å². The standard InChI is InChI=1S/C15H19N3/c1-10-7-11(2)14(12(3)8-10)15(16-4)13-9-17-5-6-18-13/h5-9,15-16H,1-4H3. The topological polar surface area (TPSA) is 37.8 Å². The normalized spacial score (nSPS) is 12.4. The molecule has 94 valence electrons. The lowest BCUT2D eigenvalue weighted by atomic mass is 9.92. The maximum absolute atomic E-state index is 4.41. The number of benzene rings is 1. The molecule has 0 spiro atoms. The third-order valence-corrected chi connectivity index (χ3v) is 3.19. The Balaban J connectivity index is 2.52. The molecule has 1 aromatic heterocycles. The Bertz CT molecular complexity index is 512. The number of hydrogen-bond acceptors (Lipinski definition) is 3. The average molecular weight is 241 g/mol. The van der Waals surface area contributed by atoms with E-state index in [-0.39, 0.29) is 6.04 Å². The molecular weight excluding hydrogens is 222 g/mol. The highest BCUT2D eigenvalue weighted by Gasteiger charge is 2.18. The fraction of sp³-hybridized carbons (Fsp3) is 0.333. The van der Waals surface area contributed by atoms with Crippen molar-refractivity contribution in [2.45, 2.75) is 26.8 Å². The summed E-state index contributed by atoms with van der Waals surface area (Å²) in [5.74, 6) is 0. The second kappa shape index (κ2) is 5.27. The van der Waals surface area contributed by atoms with Gasteiger partial charge in [0, 0.05) is 12.4 Å². The van der Waals surface area contributed by atoms with Crippen LogP contribution in [0.1, 0.15) is 34.0 Å². The van der Waals surface area contributed by atoms with Crippen molar-refractivity contribution in [3.05, 3.63) is 58.7 Å². The first-order valence-corrected chi connectivity index (χ1v) is 6.14. The van der Waals surface area contributed by atoms with Gasteiger partial charge in [0.2, 0.25) is 0 Å². The molecule has 0 aliphatic heterocycles. The smallest absolute Gasteiger partial charge is 0.0801 e. The Hall–Kier alpha value is -1.74. The molecule has 2 rings (SSSR count). The first kappa shape index (κ1) is 12.7. The number of aromatic nitrogens is 2. The minimum Gasteiger partial charge on any atom is -0.308 e. The summed E-state index contributed by atoms with van der Waals surface area (Å²) in [7, 11) is 1.96. The predicted molar refractivity (Wildman–Crippen MR) is 73.6 cm³/mol. The van der Waals surface area contributed by atoms with E-state index in [0.717, 1.165) is 5.69 Å². The van der Waals surface area contributed by atoms with E-state index in [1.807, 2.05) is 13.2 Å². The fourth-order valence-corrected chi connectivity index (χ4v) is 2.55. The zero-order chi connectivity index (χ0) is 13.1. The van der Waals surface area contributed by atoms with Crippen LogP contribution in [-0.2, 0) is 0 Å². The Morgan fingerprint density at radius 3 is 2.22 bits per heavy atom. The molecule has 0 bridgehead atoms. The summed E-state index contributed by atoms with van der Waals surface area (Å²) in [5, 5.41) is 3.33. The van der Waals surface area contributed by atoms with Crippen LogP contribution in [-0.4, -0.2) is 17.0 Å². The highest BCUT2D eigenvalue weighted by atomic mass is 14.9. The molecule has 3 heteroatoms. The van der Waals surface area contributed by atoms with Gasteiger partial charge in [-0.2, -0.15) is 0 Å². The maximum Gasteiger partial charge on any atom is 0.0801 e. The Labute approximate surface area is 108 Å². The molecule has 0 saturated carbocycles. The van der Waals surface area contributed by atoms with Crippen LogP contribution in [0.15, 0.2) is 30.7 Å². The Morgan fingerprint density at radius 1 is 1.06 bits per heavy atom. The number of rotatable bonds is 3. The fourth-order valence-electron chi connectivity index (χ4n) is 2.55.